The van der Waals surface area contributed by atoms with Gasteiger partial charge in [-0.15, -0.1) is 0 Å². The maximum Gasteiger partial charge on any atom is 0.220 e. The van der Waals surface area contributed by atoms with Gasteiger partial charge in [-0.05, 0) is 19.3 Å². The van der Waals surface area contributed by atoms with E-state index in [4.69, 9.17) is 28.4 Å². The number of ether oxygens (including phenoxy) is 6. The van der Waals surface area contributed by atoms with Crippen molar-refractivity contribution in [2.24, 2.45) is 0 Å². The standard InChI is InChI=1S/C85H163NO18/c1-3-5-7-9-11-13-15-17-19-21-23-25-27-28-29-30-31-32-33-34-35-36-37-38-39-41-43-45-47-49-51-53-55-57-59-61-63-73(91)86-68(69(90)62-60-58-56-54-52-50-48-46-44-42-40-26-24-22-20-18-16-14-12-10-8-6-4-2)67-99-83-79(97)76(94)81(71(65-88)101-83)104-85-80(98)77(95)82(72(66-89)102-85)103-84-78(96)75(93)74(92)70(64-87)100-84/h60,62,68-72,74-85,87-90,92-98H,3-59,61,63-67H2,1-2H3,(H,86,91)/b62-60+. The van der Waals surface area contributed by atoms with Crippen LogP contribution in [-0.4, -0.2) is 193 Å². The largest absolute Gasteiger partial charge is 0.394 e. The molecule has 17 atom stereocenters. The fraction of sp³-hybridized carbons (Fsp3) is 0.965. The summed E-state index contributed by atoms with van der Waals surface area (Å²) in [6.45, 7) is 1.81. The maximum atomic E-state index is 13.5. The quantitative estimate of drug-likeness (QED) is 0.0199. The molecule has 0 aromatic carbocycles. The number of aliphatic hydroxyl groups is 11. The van der Waals surface area contributed by atoms with Gasteiger partial charge in [-0.2, -0.15) is 0 Å². The number of rotatable bonds is 72. The van der Waals surface area contributed by atoms with Crippen molar-refractivity contribution in [1.29, 1.82) is 0 Å². The fourth-order valence-electron chi connectivity index (χ4n) is 15.3. The van der Waals surface area contributed by atoms with Crippen molar-refractivity contribution in [3.63, 3.8) is 0 Å². The molecule has 3 heterocycles. The molecule has 0 bridgehead atoms. The number of hydrogen-bond donors (Lipinski definition) is 12. The average molecular weight is 1490 g/mol. The van der Waals surface area contributed by atoms with E-state index in [9.17, 15) is 61.0 Å². The SMILES string of the molecule is CCCCCCCCCCCCCCCCCCCCCCC/C=C/C(O)C(COC1OC(CO)C(OC2OC(CO)C(OC3OC(CO)C(O)C(O)C3O)C(O)C2O)C(O)C1O)NC(=O)CCCCCCCCCCCCCCCCCCCCCCCCCCCCCCCCCCCCCC. The summed E-state index contributed by atoms with van der Waals surface area (Å²) in [4.78, 5) is 13.5. The molecule has 0 spiro atoms. The normalized spacial score (nSPS) is 25.9. The van der Waals surface area contributed by atoms with Gasteiger partial charge in [-0.25, -0.2) is 0 Å². The van der Waals surface area contributed by atoms with E-state index in [1.165, 1.54) is 321 Å². The Morgan fingerprint density at radius 1 is 0.337 bits per heavy atom. The van der Waals surface area contributed by atoms with Crippen LogP contribution < -0.4 is 5.32 Å². The Hall–Kier alpha value is -1.47. The third-order valence-corrected chi connectivity index (χ3v) is 22.3. The number of unbranched alkanes of at least 4 members (excludes halogenated alkanes) is 56. The van der Waals surface area contributed by atoms with Crippen LogP contribution in [0.5, 0.6) is 0 Å². The zero-order chi connectivity index (χ0) is 75.3. The van der Waals surface area contributed by atoms with Crippen molar-refractivity contribution in [2.45, 2.75) is 497 Å². The Kier molecular flexibility index (Phi) is 61.5. The van der Waals surface area contributed by atoms with E-state index >= 15 is 0 Å². The van der Waals surface area contributed by atoms with Crippen LogP contribution in [0.2, 0.25) is 0 Å². The van der Waals surface area contributed by atoms with Crippen molar-refractivity contribution >= 4 is 5.91 Å². The first-order chi connectivity index (χ1) is 50.8. The van der Waals surface area contributed by atoms with E-state index < -0.39 is 124 Å². The van der Waals surface area contributed by atoms with E-state index in [1.54, 1.807) is 6.08 Å². The second-order valence-electron chi connectivity index (χ2n) is 31.7. The fourth-order valence-corrected chi connectivity index (χ4v) is 15.3. The van der Waals surface area contributed by atoms with E-state index in [0.717, 1.165) is 44.9 Å². The van der Waals surface area contributed by atoms with Gasteiger partial charge in [0.1, 0.15) is 73.2 Å². The lowest BCUT2D eigenvalue weighted by atomic mass is 9.96. The van der Waals surface area contributed by atoms with Crippen LogP contribution in [0, 0.1) is 0 Å². The Morgan fingerprint density at radius 2 is 0.596 bits per heavy atom. The summed E-state index contributed by atoms with van der Waals surface area (Å²) in [6, 6.07) is -0.971. The summed E-state index contributed by atoms with van der Waals surface area (Å²) in [5.41, 5.74) is 0. The molecule has 12 N–H and O–H groups in total. The number of amides is 1. The van der Waals surface area contributed by atoms with Gasteiger partial charge in [0.05, 0.1) is 38.6 Å². The monoisotopic (exact) mass is 1490 g/mol. The van der Waals surface area contributed by atoms with Crippen molar-refractivity contribution < 1.29 is 89.4 Å². The molecule has 1 amide bonds. The summed E-state index contributed by atoms with van der Waals surface area (Å²) < 4.78 is 34.5. The Morgan fingerprint density at radius 3 is 0.904 bits per heavy atom. The summed E-state index contributed by atoms with van der Waals surface area (Å²) in [5, 5.41) is 121. The van der Waals surface area contributed by atoms with Gasteiger partial charge in [0.25, 0.3) is 0 Å². The number of hydrogen-bond acceptors (Lipinski definition) is 18. The van der Waals surface area contributed by atoms with Gasteiger partial charge in [-0.1, -0.05) is 379 Å². The molecule has 0 aromatic heterocycles. The van der Waals surface area contributed by atoms with Gasteiger partial charge in [0, 0.05) is 6.42 Å². The van der Waals surface area contributed by atoms with Crippen molar-refractivity contribution in [2.75, 3.05) is 26.4 Å². The first-order valence-electron chi connectivity index (χ1n) is 43.9. The molecule has 0 saturated carbocycles. The lowest BCUT2D eigenvalue weighted by Crippen LogP contribution is -2.66. The van der Waals surface area contributed by atoms with Gasteiger partial charge in [0.15, 0.2) is 18.9 Å². The molecule has 3 aliphatic heterocycles. The Bertz CT molecular complexity index is 1920. The lowest BCUT2D eigenvalue weighted by Gasteiger charge is -2.48. The third kappa shape index (κ3) is 45.1. The zero-order valence-corrected chi connectivity index (χ0v) is 66.3. The molecule has 17 unspecified atom stereocenters. The maximum absolute atomic E-state index is 13.5. The summed E-state index contributed by atoms with van der Waals surface area (Å²) in [5.74, 6) is -0.265. The van der Waals surface area contributed by atoms with E-state index in [1.807, 2.05) is 6.08 Å². The highest BCUT2D eigenvalue weighted by Gasteiger charge is 2.54. The summed E-state index contributed by atoms with van der Waals surface area (Å²) in [6.07, 6.45) is 53.7. The minimum Gasteiger partial charge on any atom is -0.394 e. The summed E-state index contributed by atoms with van der Waals surface area (Å²) >= 11 is 0. The zero-order valence-electron chi connectivity index (χ0n) is 66.3. The minimum absolute atomic E-state index is 0.250. The predicted octanol–water partition coefficient (Wildman–Crippen LogP) is 15.9. The second-order valence-corrected chi connectivity index (χ2v) is 31.7. The highest BCUT2D eigenvalue weighted by molar-refractivity contribution is 5.76. The van der Waals surface area contributed by atoms with Crippen LogP contribution in [0.15, 0.2) is 12.2 Å². The topological polar surface area (TPSA) is 307 Å². The first kappa shape index (κ1) is 96.7. The van der Waals surface area contributed by atoms with Crippen LogP contribution in [-0.2, 0) is 33.2 Å². The molecule has 0 aromatic rings. The van der Waals surface area contributed by atoms with E-state index in [2.05, 4.69) is 19.2 Å². The number of allylic oxidation sites excluding steroid dienone is 1. The minimum atomic E-state index is -1.98. The molecular weight excluding hydrogens is 1320 g/mol. The van der Waals surface area contributed by atoms with Gasteiger partial charge >= 0.3 is 0 Å². The Labute approximate surface area is 633 Å². The smallest absolute Gasteiger partial charge is 0.220 e. The summed E-state index contributed by atoms with van der Waals surface area (Å²) in [7, 11) is 0. The molecule has 19 heteroatoms. The highest BCUT2D eigenvalue weighted by Crippen LogP contribution is 2.34. The lowest BCUT2D eigenvalue weighted by molar-refractivity contribution is -0.379. The molecule has 19 nitrogen and oxygen atoms in total. The molecule has 616 valence electrons. The molecule has 3 fully saturated rings. The van der Waals surface area contributed by atoms with Crippen LogP contribution in [0.4, 0.5) is 0 Å². The average Bonchev–Trinajstić information content (AvgIpc) is 0.783. The molecular formula is C85H163NO18. The first-order valence-corrected chi connectivity index (χ1v) is 43.9. The van der Waals surface area contributed by atoms with E-state index in [0.29, 0.717) is 6.42 Å². The Balaban J connectivity index is 1.32. The van der Waals surface area contributed by atoms with Gasteiger partial charge in [0.2, 0.25) is 5.91 Å². The highest BCUT2D eigenvalue weighted by atomic mass is 16.8. The molecule has 3 saturated heterocycles. The van der Waals surface area contributed by atoms with Crippen molar-refractivity contribution in [1.82, 2.24) is 5.32 Å². The van der Waals surface area contributed by atoms with E-state index in [-0.39, 0.29) is 18.9 Å². The molecule has 104 heavy (non-hydrogen) atoms. The van der Waals surface area contributed by atoms with Gasteiger partial charge in [-0.3, -0.25) is 4.79 Å². The van der Waals surface area contributed by atoms with Crippen molar-refractivity contribution in [3.8, 4) is 0 Å². The second kappa shape index (κ2) is 66.2. The number of carbonyl (C=O) groups is 1. The molecule has 0 aliphatic carbocycles. The third-order valence-electron chi connectivity index (χ3n) is 22.3. The van der Waals surface area contributed by atoms with Crippen molar-refractivity contribution in [3.05, 3.63) is 12.2 Å². The molecule has 0 radical (unpaired) electrons. The van der Waals surface area contributed by atoms with Crippen LogP contribution in [0.1, 0.15) is 393 Å². The van der Waals surface area contributed by atoms with Gasteiger partial charge < -0.3 is 89.9 Å². The number of aliphatic hydroxyl groups excluding tert-OH is 11. The number of nitrogens with one attached hydrogen (secondary N) is 1. The van der Waals surface area contributed by atoms with Crippen LogP contribution >= 0.6 is 0 Å². The predicted molar refractivity (Wildman–Crippen MR) is 416 cm³/mol. The van der Waals surface area contributed by atoms with Crippen LogP contribution in [0.3, 0.4) is 0 Å². The molecule has 3 aliphatic rings. The number of carbonyl (C=O) groups excluding carboxylic acids is 1. The van der Waals surface area contributed by atoms with Crippen LogP contribution in [0.25, 0.3) is 0 Å². The molecule has 3 rings (SSSR count).